The monoisotopic (exact) mass is 547 g/mol. The van der Waals surface area contributed by atoms with Crippen molar-refractivity contribution in [2.75, 3.05) is 13.7 Å². The highest BCUT2D eigenvalue weighted by Crippen LogP contribution is 2.42. The molecule has 0 spiro atoms. The van der Waals surface area contributed by atoms with Crippen LogP contribution in [0.4, 0.5) is 10.1 Å². The Kier molecular flexibility index (Phi) is 6.68. The molecule has 0 bridgehead atoms. The Bertz CT molecular complexity index is 1960. The molecule has 0 radical (unpaired) electrons. The van der Waals surface area contributed by atoms with Crippen molar-refractivity contribution in [3.05, 3.63) is 102 Å². The summed E-state index contributed by atoms with van der Waals surface area (Å²) in [4.78, 5) is 15.2. The number of thiophene rings is 1. The molecule has 196 valence electrons. The van der Waals surface area contributed by atoms with Gasteiger partial charge in [-0.15, -0.1) is 11.3 Å². The van der Waals surface area contributed by atoms with Crippen LogP contribution in [0.3, 0.4) is 0 Å². The zero-order valence-electron chi connectivity index (χ0n) is 21.6. The molecule has 0 saturated heterocycles. The van der Waals surface area contributed by atoms with Gasteiger partial charge < -0.3 is 9.47 Å². The van der Waals surface area contributed by atoms with E-state index in [9.17, 15) is 9.65 Å². The second kappa shape index (κ2) is 10.6. The molecule has 7 nitrogen and oxygen atoms in total. The average molecular weight is 548 g/mol. The Balaban J connectivity index is 1.72. The molecule has 6 rings (SSSR count). The summed E-state index contributed by atoms with van der Waals surface area (Å²) in [5.41, 5.74) is 4.34. The van der Waals surface area contributed by atoms with Crippen molar-refractivity contribution < 1.29 is 13.9 Å². The fourth-order valence-corrected chi connectivity index (χ4v) is 5.56. The number of methoxy groups -OCH3 is 1. The summed E-state index contributed by atoms with van der Waals surface area (Å²) in [5.74, 6) is 0.672. The average Bonchev–Trinajstić information content (AvgIpc) is 3.34. The predicted molar refractivity (Wildman–Crippen MR) is 154 cm³/mol. The maximum absolute atomic E-state index is 13.6. The number of hydrogen-bond acceptors (Lipinski definition) is 7. The van der Waals surface area contributed by atoms with Gasteiger partial charge >= 0.3 is 0 Å². The van der Waals surface area contributed by atoms with Gasteiger partial charge in [-0.25, -0.2) is 19.4 Å². The first-order valence-electron chi connectivity index (χ1n) is 12.5. The lowest BCUT2D eigenvalue weighted by Gasteiger charge is -2.12. The number of halogens is 1. The molecule has 0 aliphatic heterocycles. The van der Waals surface area contributed by atoms with Gasteiger partial charge in [0.15, 0.2) is 0 Å². The summed E-state index contributed by atoms with van der Waals surface area (Å²) in [6.07, 6.45) is 1.96. The van der Waals surface area contributed by atoms with Crippen molar-refractivity contribution in [2.45, 2.75) is 6.92 Å². The van der Waals surface area contributed by atoms with Gasteiger partial charge in [-0.1, -0.05) is 30.3 Å². The Hall–Kier alpha value is -5.07. The smallest absolute Gasteiger partial charge is 0.235 e. The lowest BCUT2D eigenvalue weighted by molar-refractivity contribution is 0.327. The largest absolute Gasteiger partial charge is 0.497 e. The van der Waals surface area contributed by atoms with Crippen LogP contribution in [0.1, 0.15) is 12.5 Å². The molecule has 0 N–H and O–H groups in total. The first-order valence-corrected chi connectivity index (χ1v) is 13.3. The molecule has 0 atom stereocenters. The molecule has 0 unspecified atom stereocenters. The maximum atomic E-state index is 13.6. The normalized spacial score (nSPS) is 11.6. The van der Waals surface area contributed by atoms with E-state index in [-0.39, 0.29) is 5.82 Å². The number of fused-ring (bicyclic) bond motifs is 3. The van der Waals surface area contributed by atoms with Gasteiger partial charge in [0.1, 0.15) is 28.0 Å². The number of benzene rings is 3. The van der Waals surface area contributed by atoms with Crippen molar-refractivity contribution in [3.63, 3.8) is 0 Å². The Morgan fingerprint density at radius 3 is 2.42 bits per heavy atom. The van der Waals surface area contributed by atoms with Crippen LogP contribution in [-0.4, -0.2) is 28.3 Å². The number of nitrogens with zero attached hydrogens (tertiary/aromatic N) is 5. The summed E-state index contributed by atoms with van der Waals surface area (Å²) in [6.45, 7) is 2.24. The SMILES string of the molecule is CCOc1nc2sc3cn(-c4ccc(OC)cc4)c(=Nc4ccc(F)cc4)nc3c2c(-c2ccccc2)c1C#N. The van der Waals surface area contributed by atoms with Crippen LogP contribution < -0.4 is 15.1 Å². The van der Waals surface area contributed by atoms with Crippen molar-refractivity contribution in [1.29, 1.82) is 5.26 Å². The van der Waals surface area contributed by atoms with Crippen molar-refractivity contribution >= 4 is 37.5 Å². The highest BCUT2D eigenvalue weighted by atomic mass is 32.1. The molecule has 3 aromatic heterocycles. The minimum absolute atomic E-state index is 0.294. The highest BCUT2D eigenvalue weighted by molar-refractivity contribution is 7.25. The van der Waals surface area contributed by atoms with Gasteiger partial charge in [0, 0.05) is 22.8 Å². The van der Waals surface area contributed by atoms with Crippen LogP contribution in [0.2, 0.25) is 0 Å². The van der Waals surface area contributed by atoms with E-state index in [0.29, 0.717) is 45.3 Å². The van der Waals surface area contributed by atoms with Crippen molar-refractivity contribution in [2.24, 2.45) is 4.99 Å². The quantitative estimate of drug-likeness (QED) is 0.225. The van der Waals surface area contributed by atoms with E-state index in [1.165, 1.54) is 23.5 Å². The van der Waals surface area contributed by atoms with E-state index < -0.39 is 0 Å². The van der Waals surface area contributed by atoms with Crippen LogP contribution >= 0.6 is 11.3 Å². The zero-order valence-corrected chi connectivity index (χ0v) is 22.4. The first kappa shape index (κ1) is 25.2. The molecule has 0 saturated carbocycles. The second-order valence-corrected chi connectivity index (χ2v) is 9.80. The molecule has 3 heterocycles. The van der Waals surface area contributed by atoms with Crippen LogP contribution in [-0.2, 0) is 0 Å². The number of rotatable bonds is 6. The summed E-state index contributed by atoms with van der Waals surface area (Å²) >= 11 is 1.46. The lowest BCUT2D eigenvalue weighted by atomic mass is 9.98. The minimum Gasteiger partial charge on any atom is -0.497 e. The molecule has 0 fully saturated rings. The maximum Gasteiger partial charge on any atom is 0.235 e. The van der Waals surface area contributed by atoms with E-state index >= 15 is 0 Å². The molecular formula is C31H22FN5O2S. The molecule has 0 amide bonds. The van der Waals surface area contributed by atoms with Crippen LogP contribution in [0.15, 0.2) is 90.1 Å². The van der Waals surface area contributed by atoms with E-state index in [1.807, 2.05) is 72.3 Å². The summed E-state index contributed by atoms with van der Waals surface area (Å²) < 4.78 is 27.5. The molecule has 40 heavy (non-hydrogen) atoms. The topological polar surface area (TPSA) is 85.3 Å². The highest BCUT2D eigenvalue weighted by Gasteiger charge is 2.23. The third kappa shape index (κ3) is 4.55. The third-order valence-electron chi connectivity index (χ3n) is 6.34. The summed E-state index contributed by atoms with van der Waals surface area (Å²) in [5, 5.41) is 11.0. The van der Waals surface area contributed by atoms with Gasteiger partial charge in [-0.3, -0.25) is 4.57 Å². The fraction of sp³-hybridized carbons (Fsp3) is 0.0968. The van der Waals surface area contributed by atoms with Crippen LogP contribution in [0.5, 0.6) is 11.6 Å². The molecule has 0 aliphatic rings. The van der Waals surface area contributed by atoms with Gasteiger partial charge in [-0.2, -0.15) is 5.26 Å². The molecule has 0 aliphatic carbocycles. The number of aromatic nitrogens is 3. The minimum atomic E-state index is -0.345. The fourth-order valence-electron chi connectivity index (χ4n) is 4.52. The van der Waals surface area contributed by atoms with Gasteiger partial charge in [0.05, 0.1) is 29.6 Å². The predicted octanol–water partition coefficient (Wildman–Crippen LogP) is 6.95. The Morgan fingerprint density at radius 2 is 1.75 bits per heavy atom. The number of pyridine rings is 1. The molecule has 9 heteroatoms. The molecule has 6 aromatic rings. The second-order valence-electron chi connectivity index (χ2n) is 8.77. The van der Waals surface area contributed by atoms with E-state index in [4.69, 9.17) is 24.4 Å². The first-order chi connectivity index (χ1) is 19.6. The summed E-state index contributed by atoms with van der Waals surface area (Å²) in [7, 11) is 1.62. The van der Waals surface area contributed by atoms with E-state index in [1.54, 1.807) is 19.2 Å². The van der Waals surface area contributed by atoms with Crippen molar-refractivity contribution in [3.8, 4) is 34.5 Å². The van der Waals surface area contributed by atoms with E-state index in [2.05, 4.69) is 6.07 Å². The Morgan fingerprint density at radius 1 is 1.00 bits per heavy atom. The molecule has 3 aromatic carbocycles. The summed E-state index contributed by atoms with van der Waals surface area (Å²) in [6, 6.07) is 25.5. The van der Waals surface area contributed by atoms with Gasteiger partial charge in [-0.05, 0) is 61.0 Å². The lowest BCUT2D eigenvalue weighted by Crippen LogP contribution is -2.22. The standard InChI is InChI=1S/C31H22FN5O2S/c1-3-39-29-24(17-33)26(19-7-5-4-6-8-19)27-28-25(40-30(27)36-29)18-37(22-13-15-23(38-2)16-14-22)31(35-28)34-21-11-9-20(32)10-12-21/h4-16,18H,3H2,1-2H3. The van der Waals surface area contributed by atoms with Gasteiger partial charge in [0.2, 0.25) is 11.5 Å². The van der Waals surface area contributed by atoms with Crippen molar-refractivity contribution in [1.82, 2.24) is 14.5 Å². The number of nitriles is 1. The third-order valence-corrected chi connectivity index (χ3v) is 7.35. The van der Waals surface area contributed by atoms with E-state index in [0.717, 1.165) is 27.1 Å². The number of hydrogen-bond donors (Lipinski definition) is 0. The van der Waals surface area contributed by atoms with Gasteiger partial charge in [0.25, 0.3) is 0 Å². The molecular weight excluding hydrogens is 525 g/mol. The zero-order chi connectivity index (χ0) is 27.6. The van der Waals surface area contributed by atoms with Crippen LogP contribution in [0.25, 0.3) is 37.2 Å². The van der Waals surface area contributed by atoms with Crippen LogP contribution in [0, 0.1) is 17.1 Å². The number of ether oxygens (including phenoxy) is 2. The Labute approximate surface area is 233 Å².